The normalized spacial score (nSPS) is 10.5. The van der Waals surface area contributed by atoms with Gasteiger partial charge in [0.1, 0.15) is 11.6 Å². The zero-order valence-corrected chi connectivity index (χ0v) is 15.4. The number of benzene rings is 3. The lowest BCUT2D eigenvalue weighted by molar-refractivity contribution is 0.259. The molecule has 0 aliphatic heterocycles. The van der Waals surface area contributed by atoms with E-state index in [1.807, 2.05) is 12.1 Å². The second kappa shape index (κ2) is 8.10. The summed E-state index contributed by atoms with van der Waals surface area (Å²) in [6.45, 7) is 0. The van der Waals surface area contributed by atoms with Crippen LogP contribution in [0, 0.1) is 5.82 Å². The molecule has 0 aromatic heterocycles. The van der Waals surface area contributed by atoms with E-state index in [0.29, 0.717) is 39.6 Å². The number of carbonyl (C=O) groups excluding carboxylic acids is 1. The molecule has 0 unspecified atom stereocenters. The molecule has 2 amide bonds. The summed E-state index contributed by atoms with van der Waals surface area (Å²) in [5.41, 5.74) is 8.13. The first-order valence-corrected chi connectivity index (χ1v) is 8.62. The van der Waals surface area contributed by atoms with E-state index in [1.54, 1.807) is 48.5 Å². The number of nitrogens with one attached hydrogen (secondary N) is 1. The molecule has 0 radical (unpaired) electrons. The SMILES string of the molecule is COc1ccc(Cc2ccc(NC(N)=O)cc2)c(F)c1-c1cccc(Cl)c1. The van der Waals surface area contributed by atoms with E-state index < -0.39 is 6.03 Å². The van der Waals surface area contributed by atoms with Crippen molar-refractivity contribution in [1.29, 1.82) is 0 Å². The van der Waals surface area contributed by atoms with Gasteiger partial charge in [-0.25, -0.2) is 9.18 Å². The molecule has 0 heterocycles. The van der Waals surface area contributed by atoms with Gasteiger partial charge in [0.2, 0.25) is 0 Å². The molecule has 3 rings (SSSR count). The van der Waals surface area contributed by atoms with E-state index in [1.165, 1.54) is 7.11 Å². The van der Waals surface area contributed by atoms with Crippen LogP contribution in [0.2, 0.25) is 5.02 Å². The minimum absolute atomic E-state index is 0.351. The maximum Gasteiger partial charge on any atom is 0.316 e. The van der Waals surface area contributed by atoms with Crippen LogP contribution in [0.25, 0.3) is 11.1 Å². The lowest BCUT2D eigenvalue weighted by atomic mass is 9.97. The number of methoxy groups -OCH3 is 1. The number of rotatable bonds is 5. The fourth-order valence-corrected chi connectivity index (χ4v) is 3.08. The lowest BCUT2D eigenvalue weighted by Gasteiger charge is -2.14. The van der Waals surface area contributed by atoms with Crippen molar-refractivity contribution in [2.75, 3.05) is 12.4 Å². The van der Waals surface area contributed by atoms with Crippen molar-refractivity contribution in [3.05, 3.63) is 82.6 Å². The van der Waals surface area contributed by atoms with Crippen LogP contribution in [0.1, 0.15) is 11.1 Å². The molecule has 3 aromatic rings. The quantitative estimate of drug-likeness (QED) is 0.632. The van der Waals surface area contributed by atoms with Crippen LogP contribution in [-0.2, 0) is 6.42 Å². The van der Waals surface area contributed by atoms with E-state index in [0.717, 1.165) is 5.56 Å². The van der Waals surface area contributed by atoms with E-state index >= 15 is 4.39 Å². The third-order valence-electron chi connectivity index (χ3n) is 4.13. The van der Waals surface area contributed by atoms with Crippen molar-refractivity contribution in [1.82, 2.24) is 0 Å². The van der Waals surface area contributed by atoms with Gasteiger partial charge in [0.25, 0.3) is 0 Å². The topological polar surface area (TPSA) is 64.3 Å². The summed E-state index contributed by atoms with van der Waals surface area (Å²) in [4.78, 5) is 10.9. The fraction of sp³-hybridized carbons (Fsp3) is 0.0952. The highest BCUT2D eigenvalue weighted by atomic mass is 35.5. The van der Waals surface area contributed by atoms with Gasteiger partial charge in [-0.3, -0.25) is 0 Å². The summed E-state index contributed by atoms with van der Waals surface area (Å²) in [6.07, 6.45) is 0.389. The van der Waals surface area contributed by atoms with Crippen molar-refractivity contribution in [3.63, 3.8) is 0 Å². The molecule has 0 spiro atoms. The van der Waals surface area contributed by atoms with Gasteiger partial charge in [-0.05, 0) is 47.0 Å². The predicted molar refractivity (Wildman–Crippen MR) is 106 cm³/mol. The van der Waals surface area contributed by atoms with E-state index in [4.69, 9.17) is 22.1 Å². The fourth-order valence-electron chi connectivity index (χ4n) is 2.89. The Balaban J connectivity index is 1.95. The number of anilines is 1. The molecule has 0 aliphatic rings. The van der Waals surface area contributed by atoms with Crippen molar-refractivity contribution in [3.8, 4) is 16.9 Å². The van der Waals surface area contributed by atoms with E-state index in [-0.39, 0.29) is 5.82 Å². The number of primary amides is 1. The van der Waals surface area contributed by atoms with Crippen molar-refractivity contribution < 1.29 is 13.9 Å². The summed E-state index contributed by atoms with van der Waals surface area (Å²) in [5, 5.41) is 3.02. The van der Waals surface area contributed by atoms with Gasteiger partial charge in [0, 0.05) is 17.1 Å². The summed E-state index contributed by atoms with van der Waals surface area (Å²) in [6, 6.07) is 16.9. The Morgan fingerprint density at radius 3 is 2.52 bits per heavy atom. The van der Waals surface area contributed by atoms with Crippen LogP contribution in [0.3, 0.4) is 0 Å². The highest BCUT2D eigenvalue weighted by Gasteiger charge is 2.16. The number of carbonyl (C=O) groups is 1. The highest BCUT2D eigenvalue weighted by Crippen LogP contribution is 2.36. The Labute approximate surface area is 161 Å². The molecule has 138 valence electrons. The summed E-state index contributed by atoms with van der Waals surface area (Å²) in [7, 11) is 1.51. The standard InChI is InChI=1S/C21H18ClFN2O2/c1-27-18-10-7-15(11-13-5-8-17(9-6-13)25-21(24)26)20(23)19(18)14-3-2-4-16(22)12-14/h2-10,12H,11H2,1H3,(H3,24,25,26). The molecular formula is C21H18ClFN2O2. The minimum atomic E-state index is -0.630. The molecule has 0 aliphatic carbocycles. The third-order valence-corrected chi connectivity index (χ3v) is 4.37. The van der Waals surface area contributed by atoms with Gasteiger partial charge in [0.05, 0.1) is 12.7 Å². The summed E-state index contributed by atoms with van der Waals surface area (Å²) in [5.74, 6) is 0.0930. The number of hydrogen-bond acceptors (Lipinski definition) is 2. The van der Waals surface area contributed by atoms with Crippen LogP contribution in [-0.4, -0.2) is 13.1 Å². The highest BCUT2D eigenvalue weighted by molar-refractivity contribution is 6.30. The van der Waals surface area contributed by atoms with Gasteiger partial charge in [-0.1, -0.05) is 41.9 Å². The molecule has 27 heavy (non-hydrogen) atoms. The average molecular weight is 385 g/mol. The van der Waals surface area contributed by atoms with Crippen LogP contribution in [0.4, 0.5) is 14.9 Å². The Morgan fingerprint density at radius 2 is 1.89 bits per heavy atom. The number of urea groups is 1. The summed E-state index contributed by atoms with van der Waals surface area (Å²) >= 11 is 6.06. The van der Waals surface area contributed by atoms with Crippen LogP contribution < -0.4 is 15.8 Å². The molecule has 0 bridgehead atoms. The molecule has 0 fully saturated rings. The van der Waals surface area contributed by atoms with E-state index in [9.17, 15) is 4.79 Å². The van der Waals surface area contributed by atoms with Crippen LogP contribution in [0.15, 0.2) is 60.7 Å². The predicted octanol–water partition coefficient (Wildman–Crippen LogP) is 5.24. The molecule has 3 N–H and O–H groups in total. The molecule has 3 aromatic carbocycles. The first-order chi connectivity index (χ1) is 13.0. The molecule has 0 saturated heterocycles. The molecule has 4 nitrogen and oxygen atoms in total. The van der Waals surface area contributed by atoms with Crippen molar-refractivity contribution in [2.45, 2.75) is 6.42 Å². The van der Waals surface area contributed by atoms with Crippen LogP contribution in [0.5, 0.6) is 5.75 Å². The average Bonchev–Trinajstić information content (AvgIpc) is 2.64. The first kappa shape index (κ1) is 18.7. The number of hydrogen-bond donors (Lipinski definition) is 2. The van der Waals surface area contributed by atoms with Crippen molar-refractivity contribution >= 4 is 23.3 Å². The second-order valence-electron chi connectivity index (χ2n) is 5.99. The Hall–Kier alpha value is -3.05. The second-order valence-corrected chi connectivity index (χ2v) is 6.43. The van der Waals surface area contributed by atoms with Crippen molar-refractivity contribution in [2.24, 2.45) is 5.73 Å². The number of ether oxygens (including phenoxy) is 1. The molecule has 6 heteroatoms. The molecular weight excluding hydrogens is 367 g/mol. The zero-order valence-electron chi connectivity index (χ0n) is 14.6. The molecule has 0 saturated carbocycles. The Bertz CT molecular complexity index is 974. The maximum atomic E-state index is 15.3. The minimum Gasteiger partial charge on any atom is -0.496 e. The number of nitrogens with two attached hydrogens (primary N) is 1. The van der Waals surface area contributed by atoms with Gasteiger partial charge >= 0.3 is 6.03 Å². The first-order valence-electron chi connectivity index (χ1n) is 8.24. The Kier molecular flexibility index (Phi) is 5.62. The largest absolute Gasteiger partial charge is 0.496 e. The van der Waals surface area contributed by atoms with Crippen LogP contribution >= 0.6 is 11.6 Å². The zero-order chi connectivity index (χ0) is 19.4. The lowest BCUT2D eigenvalue weighted by Crippen LogP contribution is -2.19. The van der Waals surface area contributed by atoms with Gasteiger partial charge in [-0.15, -0.1) is 0 Å². The van der Waals surface area contributed by atoms with Gasteiger partial charge in [-0.2, -0.15) is 0 Å². The van der Waals surface area contributed by atoms with E-state index in [2.05, 4.69) is 5.32 Å². The Morgan fingerprint density at radius 1 is 1.15 bits per heavy atom. The third kappa shape index (κ3) is 4.38. The van der Waals surface area contributed by atoms with Gasteiger partial charge in [0.15, 0.2) is 0 Å². The number of amides is 2. The smallest absolute Gasteiger partial charge is 0.316 e. The monoisotopic (exact) mass is 384 g/mol. The molecule has 0 atom stereocenters. The number of halogens is 2. The maximum absolute atomic E-state index is 15.3. The summed E-state index contributed by atoms with van der Waals surface area (Å²) < 4.78 is 20.6. The van der Waals surface area contributed by atoms with Gasteiger partial charge < -0.3 is 15.8 Å².